The third-order valence-corrected chi connectivity index (χ3v) is 3.31. The van der Waals surface area contributed by atoms with Crippen molar-refractivity contribution in [3.05, 3.63) is 24.3 Å². The van der Waals surface area contributed by atoms with Crippen LogP contribution in [0.15, 0.2) is 29.2 Å². The second-order valence-corrected chi connectivity index (χ2v) is 4.46. The van der Waals surface area contributed by atoms with Crippen LogP contribution in [0, 0.1) is 11.3 Å². The topological polar surface area (TPSA) is 50.1 Å². The molecule has 0 aliphatic rings. The average molecular weight is 209 g/mol. The lowest BCUT2D eigenvalue weighted by molar-refractivity contribution is 0.404. The highest BCUT2D eigenvalue weighted by Gasteiger charge is 2.15. The Labute approximate surface area is 85.8 Å². The van der Waals surface area contributed by atoms with Crippen molar-refractivity contribution in [1.82, 2.24) is 0 Å². The fraction of sp³-hybridized carbons (Fsp3) is 0.300. The lowest BCUT2D eigenvalue weighted by Crippen LogP contribution is -2.08. The molecule has 0 spiro atoms. The minimum Gasteiger partial charge on any atom is -0.495 e. The van der Waals surface area contributed by atoms with E-state index in [9.17, 15) is 4.21 Å². The zero-order chi connectivity index (χ0) is 10.6. The number of nitriles is 1. The molecule has 0 saturated carbocycles. The van der Waals surface area contributed by atoms with Crippen molar-refractivity contribution < 1.29 is 8.95 Å². The van der Waals surface area contributed by atoms with Gasteiger partial charge in [0, 0.05) is 0 Å². The van der Waals surface area contributed by atoms with Gasteiger partial charge in [-0.15, -0.1) is 0 Å². The fourth-order valence-corrected chi connectivity index (χ4v) is 2.06. The molecule has 3 nitrogen and oxygen atoms in total. The second-order valence-electron chi connectivity index (χ2n) is 2.72. The second kappa shape index (κ2) is 4.77. The van der Waals surface area contributed by atoms with Crippen LogP contribution in [0.3, 0.4) is 0 Å². The number of nitrogens with zero attached hydrogens (tertiary/aromatic N) is 1. The van der Waals surface area contributed by atoms with Crippen LogP contribution in [-0.4, -0.2) is 16.6 Å². The van der Waals surface area contributed by atoms with Crippen molar-refractivity contribution in [2.24, 2.45) is 0 Å². The van der Waals surface area contributed by atoms with E-state index < -0.39 is 16.0 Å². The van der Waals surface area contributed by atoms with Gasteiger partial charge in [-0.3, -0.25) is 4.21 Å². The molecule has 0 amide bonds. The first-order chi connectivity index (χ1) is 6.70. The molecule has 0 aliphatic heterocycles. The Bertz CT molecular complexity index is 384. The molecule has 0 aromatic heterocycles. The quantitative estimate of drug-likeness (QED) is 0.761. The Morgan fingerprint density at radius 3 is 2.71 bits per heavy atom. The van der Waals surface area contributed by atoms with Gasteiger partial charge in [0.1, 0.15) is 11.0 Å². The molecule has 0 heterocycles. The average Bonchev–Trinajstić information content (AvgIpc) is 2.26. The molecule has 1 aromatic rings. The van der Waals surface area contributed by atoms with E-state index in [1.54, 1.807) is 31.2 Å². The van der Waals surface area contributed by atoms with E-state index in [2.05, 4.69) is 0 Å². The number of benzene rings is 1. The van der Waals surface area contributed by atoms with E-state index in [-0.39, 0.29) is 0 Å². The highest BCUT2D eigenvalue weighted by atomic mass is 32.2. The zero-order valence-electron chi connectivity index (χ0n) is 8.06. The van der Waals surface area contributed by atoms with E-state index in [1.807, 2.05) is 6.07 Å². The molecular formula is C10H11NO2S. The van der Waals surface area contributed by atoms with Gasteiger partial charge >= 0.3 is 0 Å². The van der Waals surface area contributed by atoms with E-state index in [4.69, 9.17) is 10.00 Å². The predicted octanol–water partition coefficient (Wildman–Crippen LogP) is 1.71. The van der Waals surface area contributed by atoms with Crippen molar-refractivity contribution in [3.8, 4) is 11.8 Å². The standard InChI is InChI=1S/C10H11NO2S/c1-8(7-11)14(12)10-6-4-3-5-9(10)13-2/h3-6,8H,1-2H3. The maximum absolute atomic E-state index is 11.8. The van der Waals surface area contributed by atoms with Gasteiger partial charge in [0.15, 0.2) is 0 Å². The summed E-state index contributed by atoms with van der Waals surface area (Å²) in [5.41, 5.74) is 0. The molecule has 74 valence electrons. The van der Waals surface area contributed by atoms with Gasteiger partial charge in [-0.25, -0.2) is 0 Å². The third kappa shape index (κ3) is 2.12. The normalized spacial score (nSPS) is 14.1. The minimum absolute atomic E-state index is 0.522. The summed E-state index contributed by atoms with van der Waals surface area (Å²) >= 11 is 0. The lowest BCUT2D eigenvalue weighted by atomic mass is 10.3. The molecule has 2 unspecified atom stereocenters. The third-order valence-electron chi connectivity index (χ3n) is 1.79. The Balaban J connectivity index is 3.07. The van der Waals surface area contributed by atoms with Crippen LogP contribution in [0.25, 0.3) is 0 Å². The van der Waals surface area contributed by atoms with Crippen LogP contribution in [0.5, 0.6) is 5.75 Å². The first kappa shape index (κ1) is 10.7. The summed E-state index contributed by atoms with van der Waals surface area (Å²) in [5.74, 6) is 0.563. The molecule has 0 N–H and O–H groups in total. The summed E-state index contributed by atoms with van der Waals surface area (Å²) in [6, 6.07) is 8.98. The van der Waals surface area contributed by atoms with Crippen molar-refractivity contribution in [2.45, 2.75) is 17.1 Å². The molecule has 14 heavy (non-hydrogen) atoms. The minimum atomic E-state index is -1.33. The first-order valence-electron chi connectivity index (χ1n) is 4.14. The van der Waals surface area contributed by atoms with Gasteiger partial charge in [0.2, 0.25) is 0 Å². The van der Waals surface area contributed by atoms with Crippen LogP contribution in [-0.2, 0) is 10.8 Å². The number of hydrogen-bond donors (Lipinski definition) is 0. The van der Waals surface area contributed by atoms with Crippen molar-refractivity contribution >= 4 is 10.8 Å². The Hall–Kier alpha value is -1.34. The molecule has 0 saturated heterocycles. The lowest BCUT2D eigenvalue weighted by Gasteiger charge is -2.08. The van der Waals surface area contributed by atoms with Crippen LogP contribution in [0.1, 0.15) is 6.92 Å². The molecule has 0 aliphatic carbocycles. The van der Waals surface area contributed by atoms with E-state index in [0.717, 1.165) is 0 Å². The van der Waals surface area contributed by atoms with Gasteiger partial charge in [0.25, 0.3) is 0 Å². The molecule has 2 atom stereocenters. The predicted molar refractivity (Wildman–Crippen MR) is 54.5 cm³/mol. The van der Waals surface area contributed by atoms with E-state index >= 15 is 0 Å². The molecule has 0 radical (unpaired) electrons. The van der Waals surface area contributed by atoms with Gasteiger partial charge < -0.3 is 4.74 Å². The molecule has 1 aromatic carbocycles. The van der Waals surface area contributed by atoms with Gasteiger partial charge in [-0.05, 0) is 19.1 Å². The summed E-state index contributed by atoms with van der Waals surface area (Å²) < 4.78 is 16.8. The Morgan fingerprint density at radius 1 is 1.50 bits per heavy atom. The Morgan fingerprint density at radius 2 is 2.14 bits per heavy atom. The largest absolute Gasteiger partial charge is 0.495 e. The fourth-order valence-electron chi connectivity index (χ4n) is 1.02. The molecule has 1 rings (SSSR count). The SMILES string of the molecule is COc1ccccc1S(=O)C(C)C#N. The number of para-hydroxylation sites is 1. The molecular weight excluding hydrogens is 198 g/mol. The number of ether oxygens (including phenoxy) is 1. The zero-order valence-corrected chi connectivity index (χ0v) is 8.88. The van der Waals surface area contributed by atoms with E-state index in [0.29, 0.717) is 10.6 Å². The van der Waals surface area contributed by atoms with Crippen molar-refractivity contribution in [1.29, 1.82) is 5.26 Å². The molecule has 0 bridgehead atoms. The summed E-state index contributed by atoms with van der Waals surface area (Å²) in [6.07, 6.45) is 0. The van der Waals surface area contributed by atoms with Crippen LogP contribution < -0.4 is 4.74 Å². The molecule has 4 heteroatoms. The summed E-state index contributed by atoms with van der Waals surface area (Å²) in [7, 11) is 0.195. The molecule has 0 fully saturated rings. The van der Waals surface area contributed by atoms with Crippen molar-refractivity contribution in [2.75, 3.05) is 7.11 Å². The first-order valence-corrected chi connectivity index (χ1v) is 5.35. The van der Waals surface area contributed by atoms with Crippen LogP contribution in [0.4, 0.5) is 0 Å². The Kier molecular flexibility index (Phi) is 3.66. The van der Waals surface area contributed by atoms with Crippen molar-refractivity contribution in [3.63, 3.8) is 0 Å². The van der Waals surface area contributed by atoms with Gasteiger partial charge in [-0.2, -0.15) is 5.26 Å². The van der Waals surface area contributed by atoms with Gasteiger partial charge in [0.05, 0.1) is 28.9 Å². The number of methoxy groups -OCH3 is 1. The number of hydrogen-bond acceptors (Lipinski definition) is 3. The smallest absolute Gasteiger partial charge is 0.135 e. The summed E-state index contributed by atoms with van der Waals surface area (Å²) in [6.45, 7) is 1.63. The maximum Gasteiger partial charge on any atom is 0.135 e. The van der Waals surface area contributed by atoms with Crippen LogP contribution in [0.2, 0.25) is 0 Å². The van der Waals surface area contributed by atoms with Gasteiger partial charge in [-0.1, -0.05) is 12.1 Å². The summed E-state index contributed by atoms with van der Waals surface area (Å²) in [5, 5.41) is 8.12. The highest BCUT2D eigenvalue weighted by molar-refractivity contribution is 7.86. The highest BCUT2D eigenvalue weighted by Crippen LogP contribution is 2.23. The maximum atomic E-state index is 11.8. The number of rotatable bonds is 3. The van der Waals surface area contributed by atoms with E-state index in [1.165, 1.54) is 7.11 Å². The monoisotopic (exact) mass is 209 g/mol. The van der Waals surface area contributed by atoms with Crippen LogP contribution >= 0.6 is 0 Å². The summed E-state index contributed by atoms with van der Waals surface area (Å²) in [4.78, 5) is 0.573.